The number of nitrogens with one attached hydrogen (secondary N) is 1. The number of benzene rings is 2. The first-order chi connectivity index (χ1) is 13.5. The van der Waals surface area contributed by atoms with Crippen molar-refractivity contribution in [3.8, 4) is 0 Å². The van der Waals surface area contributed by atoms with Crippen molar-refractivity contribution in [3.05, 3.63) is 65.7 Å². The third kappa shape index (κ3) is 3.38. The summed E-state index contributed by atoms with van der Waals surface area (Å²) < 4.78 is 0. The van der Waals surface area contributed by atoms with Crippen molar-refractivity contribution in [2.24, 2.45) is 0 Å². The number of imide groups is 1. The van der Waals surface area contributed by atoms with Gasteiger partial charge in [0.25, 0.3) is 5.91 Å². The van der Waals surface area contributed by atoms with Gasteiger partial charge < -0.3 is 4.90 Å². The maximum absolute atomic E-state index is 13.0. The molecule has 0 aromatic heterocycles. The number of carbonyl (C=O) groups excluding carboxylic acids is 3. The van der Waals surface area contributed by atoms with E-state index >= 15 is 0 Å². The number of hydrogen-bond acceptors (Lipinski definition) is 3. The van der Waals surface area contributed by atoms with E-state index in [4.69, 9.17) is 0 Å². The molecule has 1 atom stereocenters. The second kappa shape index (κ2) is 7.11. The molecule has 0 unspecified atom stereocenters. The van der Waals surface area contributed by atoms with Gasteiger partial charge in [-0.1, -0.05) is 37.3 Å². The molecule has 2 aromatic carbocycles. The number of piperidine rings is 1. The Morgan fingerprint density at radius 3 is 2.39 bits per heavy atom. The molecule has 0 aliphatic carbocycles. The third-order valence-corrected chi connectivity index (χ3v) is 5.67. The van der Waals surface area contributed by atoms with E-state index in [2.05, 4.69) is 24.4 Å². The molecule has 2 aliphatic heterocycles. The Balaban J connectivity index is 1.50. The molecule has 0 radical (unpaired) electrons. The molecule has 0 spiro atoms. The fourth-order valence-electron chi connectivity index (χ4n) is 4.11. The van der Waals surface area contributed by atoms with Crippen LogP contribution < -0.4 is 10.2 Å². The molecule has 0 saturated carbocycles. The van der Waals surface area contributed by atoms with E-state index in [0.29, 0.717) is 17.8 Å². The molecule has 2 aliphatic rings. The lowest BCUT2D eigenvalue weighted by Crippen LogP contribution is -2.47. The summed E-state index contributed by atoms with van der Waals surface area (Å²) in [6.07, 6.45) is 2.02. The molecule has 1 N–H and O–H groups in total. The van der Waals surface area contributed by atoms with Gasteiger partial charge in [-0.25, -0.2) is 4.79 Å². The minimum atomic E-state index is -0.432. The van der Waals surface area contributed by atoms with Gasteiger partial charge in [0.1, 0.15) is 6.54 Å². The number of hydrogen-bond donors (Lipinski definition) is 1. The molecular formula is C22H23N3O3. The van der Waals surface area contributed by atoms with Crippen molar-refractivity contribution < 1.29 is 14.4 Å². The third-order valence-electron chi connectivity index (χ3n) is 5.67. The van der Waals surface area contributed by atoms with Crippen LogP contribution in [0.4, 0.5) is 10.5 Å². The molecule has 2 aromatic rings. The second-order valence-electron chi connectivity index (χ2n) is 7.74. The Labute approximate surface area is 164 Å². The Bertz CT molecular complexity index is 910. The van der Waals surface area contributed by atoms with E-state index in [9.17, 15) is 14.4 Å². The smallest absolute Gasteiger partial charge is 0.329 e. The molecule has 144 valence electrons. The summed E-state index contributed by atoms with van der Waals surface area (Å²) in [4.78, 5) is 39.5. The van der Waals surface area contributed by atoms with Crippen molar-refractivity contribution in [3.63, 3.8) is 0 Å². The number of urea groups is 1. The molecule has 6 nitrogen and oxygen atoms in total. The van der Waals surface area contributed by atoms with Crippen molar-refractivity contribution in [2.75, 3.05) is 24.5 Å². The molecule has 2 heterocycles. The zero-order valence-corrected chi connectivity index (χ0v) is 15.9. The summed E-state index contributed by atoms with van der Waals surface area (Å²) in [5.41, 5.74) is 2.40. The number of carbonyl (C=O) groups is 3. The van der Waals surface area contributed by atoms with E-state index < -0.39 is 6.03 Å². The van der Waals surface area contributed by atoms with Crippen LogP contribution in [-0.4, -0.2) is 42.4 Å². The van der Waals surface area contributed by atoms with Gasteiger partial charge in [0, 0.05) is 29.8 Å². The van der Waals surface area contributed by atoms with Crippen LogP contribution in [-0.2, 0) is 10.2 Å². The van der Waals surface area contributed by atoms with Gasteiger partial charge in [-0.15, -0.1) is 0 Å². The number of amides is 4. The minimum absolute atomic E-state index is 0.00430. The predicted octanol–water partition coefficient (Wildman–Crippen LogP) is 2.94. The normalized spacial score (nSPS) is 22.3. The summed E-state index contributed by atoms with van der Waals surface area (Å²) in [7, 11) is 0. The molecule has 2 fully saturated rings. The van der Waals surface area contributed by atoms with Gasteiger partial charge in [-0.2, -0.15) is 0 Å². The Morgan fingerprint density at radius 2 is 1.75 bits per heavy atom. The van der Waals surface area contributed by atoms with E-state index in [1.807, 2.05) is 23.1 Å². The highest BCUT2D eigenvalue weighted by Gasteiger charge is 2.35. The first-order valence-electron chi connectivity index (χ1n) is 9.52. The standard InChI is InChI=1S/C22H23N3O3/c1-22(17-6-3-2-4-7-17)12-5-13-24(15-22)20(27)16-8-10-18(11-9-16)25-14-19(26)23-21(25)28/h2-4,6-11H,5,12-15H2,1H3,(H,23,26,28)/t22-/m0/s1. The average molecular weight is 377 g/mol. The highest BCUT2D eigenvalue weighted by atomic mass is 16.2. The fourth-order valence-corrected chi connectivity index (χ4v) is 4.11. The van der Waals surface area contributed by atoms with Crippen molar-refractivity contribution in [1.29, 1.82) is 0 Å². The van der Waals surface area contributed by atoms with Gasteiger partial charge in [0.2, 0.25) is 5.91 Å². The predicted molar refractivity (Wildman–Crippen MR) is 106 cm³/mol. The zero-order chi connectivity index (χ0) is 19.7. The zero-order valence-electron chi connectivity index (χ0n) is 15.9. The highest BCUT2D eigenvalue weighted by molar-refractivity contribution is 6.12. The van der Waals surface area contributed by atoms with Gasteiger partial charge in [0.05, 0.1) is 0 Å². The lowest BCUT2D eigenvalue weighted by molar-refractivity contribution is -0.117. The number of nitrogens with zero attached hydrogens (tertiary/aromatic N) is 2. The van der Waals surface area contributed by atoms with Crippen LogP contribution in [0.5, 0.6) is 0 Å². The van der Waals surface area contributed by atoms with Crippen LogP contribution in [0.15, 0.2) is 54.6 Å². The molecule has 28 heavy (non-hydrogen) atoms. The molecule has 4 rings (SSSR count). The number of rotatable bonds is 3. The van der Waals surface area contributed by atoms with Crippen LogP contribution >= 0.6 is 0 Å². The molecule has 2 saturated heterocycles. The van der Waals surface area contributed by atoms with Crippen molar-refractivity contribution in [1.82, 2.24) is 10.2 Å². The minimum Gasteiger partial charge on any atom is -0.338 e. The first-order valence-corrected chi connectivity index (χ1v) is 9.52. The Morgan fingerprint density at radius 1 is 1.04 bits per heavy atom. The summed E-state index contributed by atoms with van der Waals surface area (Å²) in [6, 6.07) is 16.8. The van der Waals surface area contributed by atoms with Crippen molar-refractivity contribution in [2.45, 2.75) is 25.2 Å². The van der Waals surface area contributed by atoms with E-state index in [1.54, 1.807) is 24.3 Å². The van der Waals surface area contributed by atoms with Gasteiger partial charge >= 0.3 is 6.03 Å². The molecule has 0 bridgehead atoms. The molecule has 4 amide bonds. The first kappa shape index (κ1) is 18.2. The highest BCUT2D eigenvalue weighted by Crippen LogP contribution is 2.34. The average Bonchev–Trinajstić information content (AvgIpc) is 3.06. The molecular weight excluding hydrogens is 354 g/mol. The van der Waals surface area contributed by atoms with Crippen molar-refractivity contribution >= 4 is 23.5 Å². The van der Waals surface area contributed by atoms with Crippen LogP contribution in [0, 0.1) is 0 Å². The number of likely N-dealkylation sites (tertiary alicyclic amines) is 1. The largest absolute Gasteiger partial charge is 0.338 e. The topological polar surface area (TPSA) is 69.7 Å². The molecule has 6 heteroatoms. The summed E-state index contributed by atoms with van der Waals surface area (Å²) in [6.45, 7) is 3.65. The van der Waals surface area contributed by atoms with Gasteiger partial charge in [-0.3, -0.25) is 19.8 Å². The SMILES string of the molecule is C[C@]1(c2ccccc2)CCCN(C(=O)c2ccc(N3CC(=O)NC3=O)cc2)C1. The van der Waals surface area contributed by atoms with Crippen LogP contribution in [0.25, 0.3) is 0 Å². The second-order valence-corrected chi connectivity index (χ2v) is 7.74. The number of anilines is 1. The van der Waals surface area contributed by atoms with E-state index in [-0.39, 0.29) is 23.8 Å². The monoisotopic (exact) mass is 377 g/mol. The summed E-state index contributed by atoms with van der Waals surface area (Å²) in [5.74, 6) is -0.325. The van der Waals surface area contributed by atoms with Gasteiger partial charge in [-0.05, 0) is 42.7 Å². The fraction of sp³-hybridized carbons (Fsp3) is 0.318. The van der Waals surface area contributed by atoms with Crippen LogP contribution in [0.3, 0.4) is 0 Å². The van der Waals surface area contributed by atoms with E-state index in [1.165, 1.54) is 10.5 Å². The Hall–Kier alpha value is -3.15. The van der Waals surface area contributed by atoms with Crippen LogP contribution in [0.1, 0.15) is 35.7 Å². The summed E-state index contributed by atoms with van der Waals surface area (Å²) >= 11 is 0. The van der Waals surface area contributed by atoms with Crippen LogP contribution in [0.2, 0.25) is 0 Å². The Kier molecular flexibility index (Phi) is 4.63. The van der Waals surface area contributed by atoms with Gasteiger partial charge in [0.15, 0.2) is 0 Å². The maximum atomic E-state index is 13.0. The maximum Gasteiger partial charge on any atom is 0.329 e. The lowest BCUT2D eigenvalue weighted by atomic mass is 9.76. The lowest BCUT2D eigenvalue weighted by Gasteiger charge is -2.41. The summed E-state index contributed by atoms with van der Waals surface area (Å²) in [5, 5.41) is 2.25. The van der Waals surface area contributed by atoms with E-state index in [0.717, 1.165) is 19.4 Å². The quantitative estimate of drug-likeness (QED) is 0.836.